The molecule has 0 saturated carbocycles. The molecule has 520 valence electrons. The van der Waals surface area contributed by atoms with Crippen LogP contribution in [0.25, 0.3) is 0 Å². The van der Waals surface area contributed by atoms with Crippen molar-refractivity contribution >= 4 is 33.6 Å². The Morgan fingerprint density at radius 3 is 0.989 bits per heavy atom. The van der Waals surface area contributed by atoms with Gasteiger partial charge < -0.3 is 34.2 Å². The summed E-state index contributed by atoms with van der Waals surface area (Å²) in [5.74, 6) is -1.69. The molecule has 0 saturated heterocycles. The fraction of sp³-hybridized carbons (Fsp3) is 0.658. The van der Waals surface area contributed by atoms with Crippen molar-refractivity contribution in [3.63, 3.8) is 0 Å². The Morgan fingerprint density at radius 1 is 0.319 bits per heavy atom. The highest BCUT2D eigenvalue weighted by Crippen LogP contribution is 2.45. The van der Waals surface area contributed by atoms with Crippen LogP contribution in [0, 0.1) is 0 Å². The molecule has 0 spiro atoms. The van der Waals surface area contributed by atoms with Gasteiger partial charge in [-0.05, 0) is 103 Å². The van der Waals surface area contributed by atoms with Crippen molar-refractivity contribution in [1.29, 1.82) is 0 Å². The van der Waals surface area contributed by atoms with Gasteiger partial charge in [-0.3, -0.25) is 32.5 Å². The molecule has 0 bridgehead atoms. The number of phosphoric ester groups is 2. The molecule has 0 aromatic carbocycles. The Labute approximate surface area is 550 Å². The van der Waals surface area contributed by atoms with E-state index in [4.69, 9.17) is 32.3 Å². The van der Waals surface area contributed by atoms with Crippen molar-refractivity contribution in [2.75, 3.05) is 39.6 Å². The zero-order valence-corrected chi connectivity index (χ0v) is 58.0. The van der Waals surface area contributed by atoms with Crippen molar-refractivity contribution in [2.24, 2.45) is 0 Å². The van der Waals surface area contributed by atoms with Crippen LogP contribution in [0.5, 0.6) is 0 Å². The number of hydrogen-bond donors (Lipinski definition) is 4. The summed E-state index contributed by atoms with van der Waals surface area (Å²) in [5, 5.41) is 20.5. The Morgan fingerprint density at radius 2 is 0.604 bits per heavy atom. The molecule has 0 aromatic rings. The fourth-order valence-electron chi connectivity index (χ4n) is 8.68. The lowest BCUT2D eigenvalue weighted by atomic mass is 10.0. The molecule has 16 nitrogen and oxygen atoms in total. The van der Waals surface area contributed by atoms with E-state index >= 15 is 0 Å². The number of rotatable bonds is 64. The quantitative estimate of drug-likeness (QED) is 0.0146. The number of phosphoric acid groups is 2. The molecule has 5 atom stereocenters. The third-order valence-electron chi connectivity index (χ3n) is 13.9. The SMILES string of the molecule is CC/C=C\C/C=C\C/C=C\C/C=C\C/C=C\C/C=C\CCC(=O)OCC(COP(=O)(O)OCC(O)COP(=O)(O)OCC(O)COC(=O)CCCCCCCCC/C=C\C/C=C\C/C=C\C/C=C\C/C=C\CC)OC(=O)CCCCCCCCCCCCCCC. The maximum atomic E-state index is 12.9. The van der Waals surface area contributed by atoms with Gasteiger partial charge in [-0.25, -0.2) is 9.13 Å². The molecular weight excluding hydrogens is 1190 g/mol. The molecule has 0 aliphatic rings. The third kappa shape index (κ3) is 66.9. The number of aliphatic hydroxyl groups is 2. The number of unbranched alkanes of at least 4 members (excludes halogenated alkanes) is 19. The number of ether oxygens (including phenoxy) is 3. The van der Waals surface area contributed by atoms with Crippen molar-refractivity contribution in [1.82, 2.24) is 0 Å². The third-order valence-corrected chi connectivity index (χ3v) is 15.8. The minimum absolute atomic E-state index is 0.0435. The maximum Gasteiger partial charge on any atom is 0.472 e. The summed E-state index contributed by atoms with van der Waals surface area (Å²) in [6.45, 7) is 2.33. The molecule has 0 fully saturated rings. The van der Waals surface area contributed by atoms with Crippen LogP contribution >= 0.6 is 15.6 Å². The minimum atomic E-state index is -4.94. The predicted molar refractivity (Wildman–Crippen MR) is 371 cm³/mol. The van der Waals surface area contributed by atoms with Gasteiger partial charge in [0, 0.05) is 19.3 Å². The Kier molecular flexibility index (Phi) is 62.6. The van der Waals surface area contributed by atoms with Gasteiger partial charge in [-0.2, -0.15) is 0 Å². The van der Waals surface area contributed by atoms with Crippen LogP contribution in [-0.4, -0.2) is 95.9 Å². The number of carbonyl (C=O) groups is 3. The normalized spacial score (nSPS) is 15.0. The van der Waals surface area contributed by atoms with Gasteiger partial charge in [0.15, 0.2) is 6.10 Å². The molecule has 0 aliphatic carbocycles. The summed E-state index contributed by atoms with van der Waals surface area (Å²) in [4.78, 5) is 58.3. The molecule has 91 heavy (non-hydrogen) atoms. The van der Waals surface area contributed by atoms with E-state index in [1.807, 2.05) is 18.2 Å². The predicted octanol–water partition coefficient (Wildman–Crippen LogP) is 19.2. The number of allylic oxidation sites excluding steroid dienone is 22. The number of aliphatic hydroxyl groups excluding tert-OH is 2. The zero-order valence-electron chi connectivity index (χ0n) is 56.2. The van der Waals surface area contributed by atoms with Gasteiger partial charge in [0.05, 0.1) is 26.4 Å². The molecule has 4 N–H and O–H groups in total. The second-order valence-corrected chi connectivity index (χ2v) is 25.5. The van der Waals surface area contributed by atoms with Crippen molar-refractivity contribution in [3.05, 3.63) is 134 Å². The summed E-state index contributed by atoms with van der Waals surface area (Å²) in [7, 11) is -9.80. The van der Waals surface area contributed by atoms with E-state index in [0.717, 1.165) is 135 Å². The summed E-state index contributed by atoms with van der Waals surface area (Å²) < 4.78 is 60.8. The smallest absolute Gasteiger partial charge is 0.463 e. The lowest BCUT2D eigenvalue weighted by Crippen LogP contribution is -2.30. The first-order valence-electron chi connectivity index (χ1n) is 34.5. The Hall–Kier alpha value is -4.31. The highest BCUT2D eigenvalue weighted by molar-refractivity contribution is 7.47. The van der Waals surface area contributed by atoms with Gasteiger partial charge >= 0.3 is 33.6 Å². The molecule has 0 rings (SSSR count). The summed E-state index contributed by atoms with van der Waals surface area (Å²) in [6, 6.07) is 0. The highest BCUT2D eigenvalue weighted by Gasteiger charge is 2.29. The van der Waals surface area contributed by atoms with Crippen LogP contribution in [0.15, 0.2) is 134 Å². The monoisotopic (exact) mass is 1320 g/mol. The van der Waals surface area contributed by atoms with Crippen LogP contribution in [0.1, 0.15) is 252 Å². The molecule has 0 aliphatic heterocycles. The van der Waals surface area contributed by atoms with Crippen LogP contribution < -0.4 is 0 Å². The molecule has 18 heteroatoms. The van der Waals surface area contributed by atoms with Gasteiger partial charge in [-0.15, -0.1) is 0 Å². The van der Waals surface area contributed by atoms with E-state index < -0.39 is 91.5 Å². The maximum absolute atomic E-state index is 12.9. The molecule has 0 heterocycles. The van der Waals surface area contributed by atoms with E-state index in [9.17, 15) is 43.5 Å². The standard InChI is InChI=1S/C73H122O16P2/c1-4-7-10-13-16-19-22-25-27-29-31-32-33-34-36-38-39-42-44-47-50-53-56-59-71(76)83-62-68(74)63-85-90(79,80)86-64-69(75)65-87-91(81,82)88-67-70(89-73(78)61-58-55-52-49-46-41-24-21-18-15-12-9-6-3)66-84-72(77)60-57-54-51-48-45-43-40-37-35-30-28-26-23-20-17-14-11-8-5-2/h7-8,10-11,16-17,19-20,25-28,31-32,34-37,43,45,51,54,68-70,74-75H,4-6,9,12-15,18,21-24,29-30,33,38-42,44,46-50,52-53,55-67H2,1-3H3,(H,79,80)(H,81,82)/b10-7-,11-8-,19-16-,20-17-,27-25-,28-26-,32-31-,36-34-,37-35-,45-43-,54-51-. The van der Waals surface area contributed by atoms with Crippen LogP contribution in [0.4, 0.5) is 0 Å². The first kappa shape index (κ1) is 86.7. The van der Waals surface area contributed by atoms with Crippen LogP contribution in [0.2, 0.25) is 0 Å². The van der Waals surface area contributed by atoms with Gasteiger partial charge in [0.1, 0.15) is 25.4 Å². The molecule has 5 unspecified atom stereocenters. The second-order valence-electron chi connectivity index (χ2n) is 22.6. The van der Waals surface area contributed by atoms with Crippen molar-refractivity contribution in [3.8, 4) is 0 Å². The highest BCUT2D eigenvalue weighted by atomic mass is 31.2. The van der Waals surface area contributed by atoms with E-state index in [0.29, 0.717) is 25.7 Å². The number of carbonyl (C=O) groups excluding carboxylic acids is 3. The largest absolute Gasteiger partial charge is 0.472 e. The summed E-state index contributed by atoms with van der Waals surface area (Å²) in [5.41, 5.74) is 0. The lowest BCUT2D eigenvalue weighted by Gasteiger charge is -2.21. The zero-order chi connectivity index (χ0) is 66.7. The molecular formula is C73H122O16P2. The second kappa shape index (κ2) is 65.7. The first-order chi connectivity index (χ1) is 44.2. The van der Waals surface area contributed by atoms with Crippen molar-refractivity contribution < 1.29 is 75.8 Å². The minimum Gasteiger partial charge on any atom is -0.463 e. The number of esters is 3. The number of hydrogen-bond acceptors (Lipinski definition) is 14. The lowest BCUT2D eigenvalue weighted by molar-refractivity contribution is -0.161. The van der Waals surface area contributed by atoms with Gasteiger partial charge in [0.25, 0.3) is 0 Å². The van der Waals surface area contributed by atoms with Crippen LogP contribution in [0.3, 0.4) is 0 Å². The average molecular weight is 1320 g/mol. The molecule has 0 amide bonds. The average Bonchev–Trinajstić information content (AvgIpc) is 3.74. The van der Waals surface area contributed by atoms with E-state index in [1.54, 1.807) is 0 Å². The van der Waals surface area contributed by atoms with E-state index in [2.05, 4.69) is 136 Å². The topological polar surface area (TPSA) is 231 Å². The Bertz CT molecular complexity index is 2190. The van der Waals surface area contributed by atoms with Gasteiger partial charge in [-0.1, -0.05) is 264 Å². The first-order valence-corrected chi connectivity index (χ1v) is 37.5. The molecule has 0 radical (unpaired) electrons. The van der Waals surface area contributed by atoms with E-state index in [1.165, 1.54) is 51.4 Å². The van der Waals surface area contributed by atoms with Crippen molar-refractivity contribution in [2.45, 2.75) is 270 Å². The molecule has 0 aromatic heterocycles. The summed E-state index contributed by atoms with van der Waals surface area (Å²) >= 11 is 0. The fourth-order valence-corrected chi connectivity index (χ4v) is 10.3. The van der Waals surface area contributed by atoms with Gasteiger partial charge in [0.2, 0.25) is 0 Å². The van der Waals surface area contributed by atoms with Crippen LogP contribution in [-0.2, 0) is 55.8 Å². The van der Waals surface area contributed by atoms with E-state index in [-0.39, 0.29) is 19.3 Å². The summed E-state index contributed by atoms with van der Waals surface area (Å²) in [6.07, 6.45) is 76.6. The Balaban J connectivity index is 4.67.